The third-order valence-corrected chi connectivity index (χ3v) is 4.16. The third kappa shape index (κ3) is 2.49. The summed E-state index contributed by atoms with van der Waals surface area (Å²) in [7, 11) is 0. The predicted octanol–water partition coefficient (Wildman–Crippen LogP) is 3.77. The number of anilines is 1. The number of nitrogens with zero attached hydrogens (tertiary/aromatic N) is 3. The molecule has 0 aliphatic heterocycles. The van der Waals surface area contributed by atoms with Crippen molar-refractivity contribution < 1.29 is 0 Å². The SMILES string of the molecule is Nc1cn2ccnc2c(Sc2ccc(Cl)c(Cl)c2)n1. The van der Waals surface area contributed by atoms with Crippen molar-refractivity contribution in [2.24, 2.45) is 0 Å². The van der Waals surface area contributed by atoms with Crippen LogP contribution in [0, 0.1) is 0 Å². The Bertz CT molecular complexity index is 757. The van der Waals surface area contributed by atoms with E-state index in [9.17, 15) is 0 Å². The topological polar surface area (TPSA) is 56.2 Å². The number of imidazole rings is 1. The third-order valence-electron chi connectivity index (χ3n) is 2.47. The molecule has 96 valence electrons. The molecular weight excluding hydrogens is 303 g/mol. The monoisotopic (exact) mass is 310 g/mol. The second kappa shape index (κ2) is 4.92. The van der Waals surface area contributed by atoms with Gasteiger partial charge in [0.05, 0.1) is 16.2 Å². The van der Waals surface area contributed by atoms with Gasteiger partial charge in [-0.15, -0.1) is 0 Å². The number of fused-ring (bicyclic) bond motifs is 1. The van der Waals surface area contributed by atoms with Crippen LogP contribution < -0.4 is 5.73 Å². The van der Waals surface area contributed by atoms with Crippen molar-refractivity contribution in [3.05, 3.63) is 46.8 Å². The zero-order valence-corrected chi connectivity index (χ0v) is 11.9. The molecule has 2 N–H and O–H groups in total. The first-order chi connectivity index (χ1) is 9.13. The molecule has 1 aromatic carbocycles. The van der Waals surface area contributed by atoms with Gasteiger partial charge >= 0.3 is 0 Å². The Morgan fingerprint density at radius 1 is 1.21 bits per heavy atom. The smallest absolute Gasteiger partial charge is 0.170 e. The van der Waals surface area contributed by atoms with E-state index in [0.29, 0.717) is 15.9 Å². The Morgan fingerprint density at radius 2 is 2.05 bits per heavy atom. The Balaban J connectivity index is 2.04. The number of rotatable bonds is 2. The predicted molar refractivity (Wildman–Crippen MR) is 78.0 cm³/mol. The van der Waals surface area contributed by atoms with Crippen LogP contribution in [0.3, 0.4) is 0 Å². The molecule has 0 saturated heterocycles. The van der Waals surface area contributed by atoms with Gasteiger partial charge in [0.15, 0.2) is 5.65 Å². The Hall–Kier alpha value is -1.43. The van der Waals surface area contributed by atoms with E-state index >= 15 is 0 Å². The lowest BCUT2D eigenvalue weighted by Gasteiger charge is -2.05. The van der Waals surface area contributed by atoms with Crippen molar-refractivity contribution in [1.29, 1.82) is 0 Å². The molecule has 2 heterocycles. The second-order valence-corrected chi connectivity index (χ2v) is 5.68. The van der Waals surface area contributed by atoms with Crippen molar-refractivity contribution >= 4 is 46.4 Å². The van der Waals surface area contributed by atoms with Gasteiger partial charge in [-0.2, -0.15) is 0 Å². The highest BCUT2D eigenvalue weighted by atomic mass is 35.5. The zero-order valence-electron chi connectivity index (χ0n) is 9.55. The number of nitrogens with two attached hydrogens (primary N) is 1. The molecule has 0 amide bonds. The molecule has 0 fully saturated rings. The quantitative estimate of drug-likeness (QED) is 0.783. The van der Waals surface area contributed by atoms with Crippen LogP contribution in [-0.4, -0.2) is 14.4 Å². The summed E-state index contributed by atoms with van der Waals surface area (Å²) < 4.78 is 1.84. The zero-order chi connectivity index (χ0) is 13.4. The largest absolute Gasteiger partial charge is 0.382 e. The first kappa shape index (κ1) is 12.6. The lowest BCUT2D eigenvalue weighted by molar-refractivity contribution is 1.04. The van der Waals surface area contributed by atoms with Crippen molar-refractivity contribution in [2.75, 3.05) is 5.73 Å². The molecule has 3 rings (SSSR count). The van der Waals surface area contributed by atoms with E-state index in [1.165, 1.54) is 11.8 Å². The molecule has 0 radical (unpaired) electrons. The molecule has 3 aromatic rings. The van der Waals surface area contributed by atoms with Crippen LogP contribution in [0.15, 0.2) is 46.7 Å². The van der Waals surface area contributed by atoms with E-state index < -0.39 is 0 Å². The molecular formula is C12H8Cl2N4S. The Kier molecular flexibility index (Phi) is 3.26. The van der Waals surface area contributed by atoms with E-state index in [4.69, 9.17) is 28.9 Å². The van der Waals surface area contributed by atoms with E-state index in [0.717, 1.165) is 15.6 Å². The fourth-order valence-electron chi connectivity index (χ4n) is 1.64. The minimum absolute atomic E-state index is 0.438. The van der Waals surface area contributed by atoms with Crippen LogP contribution in [0.25, 0.3) is 5.65 Å². The minimum atomic E-state index is 0.438. The second-order valence-electron chi connectivity index (χ2n) is 3.81. The molecule has 0 bridgehead atoms. The summed E-state index contributed by atoms with van der Waals surface area (Å²) in [4.78, 5) is 9.49. The van der Waals surface area contributed by atoms with Gasteiger partial charge in [-0.05, 0) is 18.2 Å². The molecule has 19 heavy (non-hydrogen) atoms. The van der Waals surface area contributed by atoms with E-state index in [-0.39, 0.29) is 0 Å². The minimum Gasteiger partial charge on any atom is -0.382 e. The lowest BCUT2D eigenvalue weighted by Crippen LogP contribution is -1.97. The summed E-state index contributed by atoms with van der Waals surface area (Å²) in [5.74, 6) is 0.438. The van der Waals surface area contributed by atoms with Crippen molar-refractivity contribution in [1.82, 2.24) is 14.4 Å². The fraction of sp³-hybridized carbons (Fsp3) is 0. The number of benzene rings is 1. The summed E-state index contributed by atoms with van der Waals surface area (Å²) in [6.45, 7) is 0. The fourth-order valence-corrected chi connectivity index (χ4v) is 2.94. The van der Waals surface area contributed by atoms with Crippen LogP contribution in [0.1, 0.15) is 0 Å². The lowest BCUT2D eigenvalue weighted by atomic mass is 10.4. The summed E-state index contributed by atoms with van der Waals surface area (Å²) >= 11 is 13.3. The summed E-state index contributed by atoms with van der Waals surface area (Å²) in [6.07, 6.45) is 5.25. The highest BCUT2D eigenvalue weighted by molar-refractivity contribution is 7.99. The average molecular weight is 311 g/mol. The van der Waals surface area contributed by atoms with E-state index in [1.807, 2.05) is 16.7 Å². The highest BCUT2D eigenvalue weighted by Crippen LogP contribution is 2.33. The molecule has 0 atom stereocenters. The van der Waals surface area contributed by atoms with Gasteiger partial charge in [0, 0.05) is 17.3 Å². The summed E-state index contributed by atoms with van der Waals surface area (Å²) in [6, 6.07) is 5.42. The number of hydrogen-bond donors (Lipinski definition) is 1. The summed E-state index contributed by atoms with van der Waals surface area (Å²) in [5, 5.41) is 1.76. The van der Waals surface area contributed by atoms with Gasteiger partial charge in [0.25, 0.3) is 0 Å². The van der Waals surface area contributed by atoms with E-state index in [2.05, 4.69) is 9.97 Å². The molecule has 2 aromatic heterocycles. The first-order valence-electron chi connectivity index (χ1n) is 5.35. The van der Waals surface area contributed by atoms with Crippen LogP contribution in [-0.2, 0) is 0 Å². The van der Waals surface area contributed by atoms with Gasteiger partial charge in [0.1, 0.15) is 10.8 Å². The number of halogens is 2. The molecule has 0 saturated carbocycles. The van der Waals surface area contributed by atoms with Gasteiger partial charge in [-0.3, -0.25) is 0 Å². The van der Waals surface area contributed by atoms with Gasteiger partial charge in [-0.1, -0.05) is 35.0 Å². The van der Waals surface area contributed by atoms with Crippen LogP contribution in [0.2, 0.25) is 10.0 Å². The molecule has 0 aliphatic rings. The molecule has 0 spiro atoms. The van der Waals surface area contributed by atoms with Crippen LogP contribution >= 0.6 is 35.0 Å². The molecule has 0 unspecified atom stereocenters. The van der Waals surface area contributed by atoms with Crippen molar-refractivity contribution in [3.8, 4) is 0 Å². The molecule has 4 nitrogen and oxygen atoms in total. The summed E-state index contributed by atoms with van der Waals surface area (Å²) in [5.41, 5.74) is 6.53. The van der Waals surface area contributed by atoms with Crippen molar-refractivity contribution in [3.63, 3.8) is 0 Å². The highest BCUT2D eigenvalue weighted by Gasteiger charge is 2.09. The Morgan fingerprint density at radius 3 is 2.84 bits per heavy atom. The van der Waals surface area contributed by atoms with Gasteiger partial charge < -0.3 is 10.1 Å². The van der Waals surface area contributed by atoms with Gasteiger partial charge in [-0.25, -0.2) is 9.97 Å². The number of nitrogen functional groups attached to an aromatic ring is 1. The molecule has 0 aliphatic carbocycles. The standard InChI is InChI=1S/C12H8Cl2N4S/c13-8-2-1-7(5-9(8)14)19-12-11-16-3-4-18(11)6-10(15)17-12/h1-6H,15H2. The van der Waals surface area contributed by atoms with Gasteiger partial charge in [0.2, 0.25) is 0 Å². The van der Waals surface area contributed by atoms with E-state index in [1.54, 1.807) is 24.5 Å². The maximum atomic E-state index is 6.00. The number of aromatic nitrogens is 3. The van der Waals surface area contributed by atoms with Crippen LogP contribution in [0.5, 0.6) is 0 Å². The maximum Gasteiger partial charge on any atom is 0.170 e. The molecule has 7 heteroatoms. The van der Waals surface area contributed by atoms with Crippen molar-refractivity contribution in [2.45, 2.75) is 9.92 Å². The Labute approximate surface area is 123 Å². The average Bonchev–Trinajstić information content (AvgIpc) is 2.82. The maximum absolute atomic E-state index is 6.00. The first-order valence-corrected chi connectivity index (χ1v) is 6.93. The normalized spacial score (nSPS) is 11.1. The number of hydrogen-bond acceptors (Lipinski definition) is 4. The van der Waals surface area contributed by atoms with Crippen LogP contribution in [0.4, 0.5) is 5.82 Å².